The van der Waals surface area contributed by atoms with Crippen LogP contribution in [0.25, 0.3) is 5.69 Å². The van der Waals surface area contributed by atoms with Crippen molar-refractivity contribution in [2.45, 2.75) is 25.7 Å². The molecular formula is C21H23N5O2. The molecule has 144 valence electrons. The van der Waals surface area contributed by atoms with Gasteiger partial charge in [-0.15, -0.1) is 5.10 Å². The minimum Gasteiger partial charge on any atom is -0.507 e. The molecule has 0 spiro atoms. The second-order valence-corrected chi connectivity index (χ2v) is 7.24. The normalized spacial score (nSPS) is 16.9. The van der Waals surface area contributed by atoms with Gasteiger partial charge >= 0.3 is 0 Å². The van der Waals surface area contributed by atoms with Gasteiger partial charge in [0.15, 0.2) is 0 Å². The van der Waals surface area contributed by atoms with Crippen molar-refractivity contribution in [2.24, 2.45) is 5.92 Å². The Bertz CT molecular complexity index is 927. The zero-order chi connectivity index (χ0) is 19.3. The Morgan fingerprint density at radius 3 is 2.79 bits per heavy atom. The van der Waals surface area contributed by atoms with Gasteiger partial charge in [-0.25, -0.2) is 4.68 Å². The molecule has 1 aromatic heterocycles. The molecule has 0 unspecified atom stereocenters. The maximum Gasteiger partial charge on any atom is 0.257 e. The number of phenolic OH excluding ortho intramolecular Hbond substituents is 1. The summed E-state index contributed by atoms with van der Waals surface area (Å²) in [7, 11) is 0. The summed E-state index contributed by atoms with van der Waals surface area (Å²) >= 11 is 0. The molecule has 3 aromatic rings. The number of aromatic nitrogens is 4. The van der Waals surface area contributed by atoms with Crippen LogP contribution in [0.5, 0.6) is 5.75 Å². The number of tetrazole rings is 1. The van der Waals surface area contributed by atoms with Gasteiger partial charge in [0, 0.05) is 19.2 Å². The van der Waals surface area contributed by atoms with Crippen molar-refractivity contribution in [3.8, 4) is 11.4 Å². The maximum atomic E-state index is 13.0. The van der Waals surface area contributed by atoms with Crippen molar-refractivity contribution in [1.82, 2.24) is 25.1 Å². The van der Waals surface area contributed by atoms with Gasteiger partial charge in [0.05, 0.1) is 11.3 Å². The molecule has 1 fully saturated rings. The van der Waals surface area contributed by atoms with Crippen LogP contribution in [0.4, 0.5) is 0 Å². The molecule has 0 radical (unpaired) electrons. The number of rotatable bonds is 5. The summed E-state index contributed by atoms with van der Waals surface area (Å²) in [6.45, 7) is 1.47. The zero-order valence-electron chi connectivity index (χ0n) is 15.6. The molecule has 0 saturated carbocycles. The quantitative estimate of drug-likeness (QED) is 0.739. The van der Waals surface area contributed by atoms with Crippen molar-refractivity contribution >= 4 is 5.91 Å². The lowest BCUT2D eigenvalue weighted by molar-refractivity contribution is 0.0665. The molecule has 0 aliphatic carbocycles. The number of aromatic hydroxyl groups is 1. The Hall–Kier alpha value is -3.22. The van der Waals surface area contributed by atoms with E-state index in [2.05, 4.69) is 39.8 Å². The fourth-order valence-electron chi connectivity index (χ4n) is 3.79. The lowest BCUT2D eigenvalue weighted by Crippen LogP contribution is -2.40. The number of phenols is 1. The number of hydrogen-bond acceptors (Lipinski definition) is 5. The number of aryl methyl sites for hydroxylation is 1. The second-order valence-electron chi connectivity index (χ2n) is 7.24. The number of benzene rings is 2. The molecule has 7 nitrogen and oxygen atoms in total. The van der Waals surface area contributed by atoms with E-state index in [0.29, 0.717) is 17.2 Å². The summed E-state index contributed by atoms with van der Waals surface area (Å²) in [5.41, 5.74) is 2.26. The number of carbonyl (C=O) groups is 1. The lowest BCUT2D eigenvalue weighted by atomic mass is 9.91. The van der Waals surface area contributed by atoms with Gasteiger partial charge in [0.2, 0.25) is 0 Å². The molecule has 1 amide bonds. The molecule has 28 heavy (non-hydrogen) atoms. The van der Waals surface area contributed by atoms with Crippen molar-refractivity contribution in [3.63, 3.8) is 0 Å². The molecule has 1 atom stereocenters. The van der Waals surface area contributed by atoms with Gasteiger partial charge in [0.25, 0.3) is 5.91 Å². The van der Waals surface area contributed by atoms with E-state index >= 15 is 0 Å². The van der Waals surface area contributed by atoms with E-state index in [9.17, 15) is 9.90 Å². The van der Waals surface area contributed by atoms with Crippen molar-refractivity contribution in [1.29, 1.82) is 0 Å². The van der Waals surface area contributed by atoms with E-state index in [1.54, 1.807) is 12.1 Å². The molecule has 7 heteroatoms. The highest BCUT2D eigenvalue weighted by molar-refractivity contribution is 5.97. The highest BCUT2D eigenvalue weighted by Crippen LogP contribution is 2.26. The maximum absolute atomic E-state index is 13.0. The first-order chi connectivity index (χ1) is 13.7. The lowest BCUT2D eigenvalue weighted by Gasteiger charge is -2.33. The van der Waals surface area contributed by atoms with E-state index in [1.165, 1.54) is 22.6 Å². The van der Waals surface area contributed by atoms with Crippen molar-refractivity contribution in [2.75, 3.05) is 13.1 Å². The number of carbonyl (C=O) groups excluding carboxylic acids is 1. The highest BCUT2D eigenvalue weighted by Gasteiger charge is 2.26. The van der Waals surface area contributed by atoms with Gasteiger partial charge < -0.3 is 10.0 Å². The summed E-state index contributed by atoms with van der Waals surface area (Å²) in [5, 5.41) is 21.3. The largest absolute Gasteiger partial charge is 0.507 e. The highest BCUT2D eigenvalue weighted by atomic mass is 16.3. The molecule has 4 rings (SSSR count). The zero-order valence-corrected chi connectivity index (χ0v) is 15.6. The van der Waals surface area contributed by atoms with Gasteiger partial charge in [0.1, 0.15) is 12.1 Å². The standard InChI is InChI=1S/C21H23N5O2/c27-20-13-18(26-15-22-23-24-26)10-11-19(20)21(28)25-12-4-7-17(14-25)9-8-16-5-2-1-3-6-16/h1-3,5-6,10-11,13,15,17,27H,4,7-9,12,14H2/t17-/m1/s1. The predicted octanol–water partition coefficient (Wildman–Crippen LogP) is 2.85. The van der Waals surface area contributed by atoms with Crippen LogP contribution < -0.4 is 0 Å². The summed E-state index contributed by atoms with van der Waals surface area (Å²) in [6, 6.07) is 15.3. The molecule has 2 heterocycles. The topological polar surface area (TPSA) is 84.1 Å². The van der Waals surface area contributed by atoms with Gasteiger partial charge in [-0.2, -0.15) is 0 Å². The minimum absolute atomic E-state index is 0.0515. The average molecular weight is 377 g/mol. The van der Waals surface area contributed by atoms with Gasteiger partial charge in [-0.3, -0.25) is 4.79 Å². The van der Waals surface area contributed by atoms with E-state index in [1.807, 2.05) is 11.0 Å². The summed E-state index contributed by atoms with van der Waals surface area (Å²) in [6.07, 6.45) is 5.67. The number of piperidine rings is 1. The molecule has 1 N–H and O–H groups in total. The predicted molar refractivity (Wildman–Crippen MR) is 104 cm³/mol. The summed E-state index contributed by atoms with van der Waals surface area (Å²) in [4.78, 5) is 14.8. The molecule has 2 aromatic carbocycles. The van der Waals surface area contributed by atoms with Crippen LogP contribution in [-0.2, 0) is 6.42 Å². The Balaban J connectivity index is 1.41. The fourth-order valence-corrected chi connectivity index (χ4v) is 3.79. The van der Waals surface area contributed by atoms with E-state index in [4.69, 9.17) is 0 Å². The average Bonchev–Trinajstić information content (AvgIpc) is 3.28. The second kappa shape index (κ2) is 8.21. The monoisotopic (exact) mass is 377 g/mol. The first-order valence-corrected chi connectivity index (χ1v) is 9.60. The van der Waals surface area contributed by atoms with Gasteiger partial charge in [-0.1, -0.05) is 30.3 Å². The van der Waals surface area contributed by atoms with Crippen LogP contribution in [0, 0.1) is 5.92 Å². The molecule has 1 saturated heterocycles. The van der Waals surface area contributed by atoms with Crippen molar-refractivity contribution in [3.05, 3.63) is 66.0 Å². The third-order valence-corrected chi connectivity index (χ3v) is 5.32. The molecule has 1 aliphatic rings. The Labute approximate surface area is 163 Å². The van der Waals surface area contributed by atoms with Gasteiger partial charge in [-0.05, 0) is 59.7 Å². The number of likely N-dealkylation sites (tertiary alicyclic amines) is 1. The first kappa shape index (κ1) is 18.2. The fraction of sp³-hybridized carbons (Fsp3) is 0.333. The van der Waals surface area contributed by atoms with Crippen LogP contribution >= 0.6 is 0 Å². The minimum atomic E-state index is -0.120. The number of hydrogen-bond donors (Lipinski definition) is 1. The number of amides is 1. The molecule has 0 bridgehead atoms. The Morgan fingerprint density at radius 1 is 1.18 bits per heavy atom. The third kappa shape index (κ3) is 4.03. The van der Waals surface area contributed by atoms with Crippen molar-refractivity contribution < 1.29 is 9.90 Å². The third-order valence-electron chi connectivity index (χ3n) is 5.32. The van der Waals surface area contributed by atoms with Crippen LogP contribution in [-0.4, -0.2) is 49.2 Å². The SMILES string of the molecule is O=C(c1ccc(-n2cnnn2)cc1O)N1CCC[C@H](CCc2ccccc2)C1. The van der Waals surface area contributed by atoms with E-state index in [0.717, 1.165) is 38.8 Å². The van der Waals surface area contributed by atoms with E-state index in [-0.39, 0.29) is 11.7 Å². The first-order valence-electron chi connectivity index (χ1n) is 9.60. The van der Waals surface area contributed by atoms with Crippen LogP contribution in [0.1, 0.15) is 35.2 Å². The smallest absolute Gasteiger partial charge is 0.257 e. The Kier molecular flexibility index (Phi) is 5.32. The number of nitrogens with zero attached hydrogens (tertiary/aromatic N) is 5. The summed E-state index contributed by atoms with van der Waals surface area (Å²) < 4.78 is 1.44. The summed E-state index contributed by atoms with van der Waals surface area (Å²) in [5.74, 6) is 0.315. The molecular weight excluding hydrogens is 354 g/mol. The Morgan fingerprint density at radius 2 is 2.04 bits per heavy atom. The van der Waals surface area contributed by atoms with E-state index < -0.39 is 0 Å². The molecule has 1 aliphatic heterocycles. The van der Waals surface area contributed by atoms with Crippen LogP contribution in [0.3, 0.4) is 0 Å². The van der Waals surface area contributed by atoms with Crippen LogP contribution in [0.2, 0.25) is 0 Å². The van der Waals surface area contributed by atoms with Crippen LogP contribution in [0.15, 0.2) is 54.9 Å².